The van der Waals surface area contributed by atoms with Crippen molar-refractivity contribution in [3.8, 4) is 0 Å². The Morgan fingerprint density at radius 2 is 2.00 bits per heavy atom. The van der Waals surface area contributed by atoms with E-state index in [-0.39, 0.29) is 22.8 Å². The van der Waals surface area contributed by atoms with E-state index >= 15 is 0 Å². The maximum absolute atomic E-state index is 13.8. The second-order valence-corrected chi connectivity index (χ2v) is 6.71. The minimum atomic E-state index is -0.448. The van der Waals surface area contributed by atoms with Crippen LogP contribution in [-0.4, -0.2) is 5.78 Å². The summed E-state index contributed by atoms with van der Waals surface area (Å²) >= 11 is 10.9. The van der Waals surface area contributed by atoms with Gasteiger partial charge in [-0.3, -0.25) is 4.79 Å². The molecule has 1 nitrogen and oxygen atoms in total. The van der Waals surface area contributed by atoms with Gasteiger partial charge in [-0.25, -0.2) is 4.39 Å². The van der Waals surface area contributed by atoms with Crippen LogP contribution in [0.15, 0.2) is 46.3 Å². The zero-order valence-electron chi connectivity index (χ0n) is 10.7. The molecule has 0 bridgehead atoms. The summed E-state index contributed by atoms with van der Waals surface area (Å²) in [6, 6.07) is 10.1. The van der Waals surface area contributed by atoms with Crippen LogP contribution in [0.3, 0.4) is 0 Å². The third-order valence-corrected chi connectivity index (χ3v) is 5.56. The molecule has 0 saturated heterocycles. The number of rotatable bonds is 3. The largest absolute Gasteiger partial charge is 0.294 e. The number of thiophene rings is 1. The van der Waals surface area contributed by atoms with Crippen molar-refractivity contribution in [3.05, 3.63) is 68.2 Å². The smallest absolute Gasteiger partial charge is 0.168 e. The minimum absolute atomic E-state index is 0.0378. The predicted octanol–water partition coefficient (Wildman–Crippen LogP) is 5.88. The number of hydrogen-bond donors (Lipinski definition) is 0. The van der Waals surface area contributed by atoms with Gasteiger partial charge in [0.15, 0.2) is 5.78 Å². The van der Waals surface area contributed by atoms with Gasteiger partial charge in [0, 0.05) is 42.5 Å². The molecule has 0 atom stereocenters. The quantitative estimate of drug-likeness (QED) is 0.516. The Hall–Kier alpha value is -1.23. The first-order valence-corrected chi connectivity index (χ1v) is 8.25. The summed E-state index contributed by atoms with van der Waals surface area (Å²) < 4.78 is 15.8. The zero-order valence-corrected chi connectivity index (χ0v) is 13.9. The van der Waals surface area contributed by atoms with E-state index < -0.39 is 5.82 Å². The Kier molecular flexibility index (Phi) is 4.11. The molecule has 0 fully saturated rings. The highest BCUT2D eigenvalue weighted by Gasteiger charge is 2.17. The molecule has 0 spiro atoms. The van der Waals surface area contributed by atoms with Crippen LogP contribution in [0.25, 0.3) is 10.1 Å². The first-order valence-electron chi connectivity index (χ1n) is 6.19. The molecule has 0 aliphatic rings. The molecule has 3 aromatic rings. The second-order valence-electron chi connectivity index (χ2n) is 4.57. The standard InChI is InChI=1S/C16H9BrClFOS/c17-12-4-1-3-9-11(8-21-16(9)12)15(20)7-10-13(18)5-2-6-14(10)19/h1-6,8H,7H2. The van der Waals surface area contributed by atoms with Gasteiger partial charge in [-0.05, 0) is 34.1 Å². The van der Waals surface area contributed by atoms with E-state index in [1.54, 1.807) is 6.07 Å². The first kappa shape index (κ1) is 14.7. The summed E-state index contributed by atoms with van der Waals surface area (Å²) in [6.07, 6.45) is -0.0378. The van der Waals surface area contributed by atoms with E-state index in [0.29, 0.717) is 5.56 Å². The molecule has 21 heavy (non-hydrogen) atoms. The number of fused-ring (bicyclic) bond motifs is 1. The van der Waals surface area contributed by atoms with Crippen molar-refractivity contribution in [2.75, 3.05) is 0 Å². The highest BCUT2D eigenvalue weighted by atomic mass is 79.9. The van der Waals surface area contributed by atoms with Gasteiger partial charge in [-0.15, -0.1) is 11.3 Å². The van der Waals surface area contributed by atoms with E-state index in [2.05, 4.69) is 15.9 Å². The van der Waals surface area contributed by atoms with Gasteiger partial charge < -0.3 is 0 Å². The summed E-state index contributed by atoms with van der Waals surface area (Å²) in [5, 5.41) is 2.97. The van der Waals surface area contributed by atoms with Crippen LogP contribution in [0, 0.1) is 5.82 Å². The molecule has 0 N–H and O–H groups in total. The number of carbonyl (C=O) groups excluding carboxylic acids is 1. The molecule has 0 amide bonds. The number of Topliss-reactive ketones (excluding diaryl/α,β-unsaturated/α-hetero) is 1. The van der Waals surface area contributed by atoms with Crippen molar-refractivity contribution in [2.45, 2.75) is 6.42 Å². The molecule has 0 unspecified atom stereocenters. The molecule has 0 aliphatic heterocycles. The van der Waals surface area contributed by atoms with Gasteiger partial charge in [0.05, 0.1) is 0 Å². The summed E-state index contributed by atoms with van der Waals surface area (Å²) in [7, 11) is 0. The number of halogens is 3. The normalized spacial score (nSPS) is 11.0. The third-order valence-electron chi connectivity index (χ3n) is 3.25. The van der Waals surface area contributed by atoms with Gasteiger partial charge in [0.1, 0.15) is 5.82 Å². The average Bonchev–Trinajstić information content (AvgIpc) is 2.88. The average molecular weight is 384 g/mol. The highest BCUT2D eigenvalue weighted by Crippen LogP contribution is 2.33. The van der Waals surface area contributed by atoms with Gasteiger partial charge in [-0.1, -0.05) is 29.8 Å². The SMILES string of the molecule is O=C(Cc1c(F)cccc1Cl)c1csc2c(Br)cccc12. The van der Waals surface area contributed by atoms with Crippen LogP contribution in [0.5, 0.6) is 0 Å². The molecule has 0 saturated carbocycles. The molecule has 3 rings (SSSR count). The molecule has 0 aliphatic carbocycles. The Bertz CT molecular complexity index is 823. The van der Waals surface area contributed by atoms with Crippen LogP contribution in [0.4, 0.5) is 4.39 Å². The van der Waals surface area contributed by atoms with E-state index in [4.69, 9.17) is 11.6 Å². The van der Waals surface area contributed by atoms with E-state index in [0.717, 1.165) is 14.6 Å². The summed E-state index contributed by atoms with van der Waals surface area (Å²) in [4.78, 5) is 12.5. The lowest BCUT2D eigenvalue weighted by Crippen LogP contribution is -2.05. The highest BCUT2D eigenvalue weighted by molar-refractivity contribution is 9.10. The number of benzene rings is 2. The van der Waals surface area contributed by atoms with Gasteiger partial charge in [0.2, 0.25) is 0 Å². The van der Waals surface area contributed by atoms with Crippen LogP contribution >= 0.6 is 38.9 Å². The zero-order chi connectivity index (χ0) is 15.0. The third kappa shape index (κ3) is 2.76. The predicted molar refractivity (Wildman–Crippen MR) is 89.0 cm³/mol. The van der Waals surface area contributed by atoms with Crippen LogP contribution in [0.1, 0.15) is 15.9 Å². The van der Waals surface area contributed by atoms with E-state index in [9.17, 15) is 9.18 Å². The van der Waals surface area contributed by atoms with Crippen molar-refractivity contribution in [3.63, 3.8) is 0 Å². The Morgan fingerprint density at radius 3 is 2.76 bits per heavy atom. The molecule has 2 aromatic carbocycles. The van der Waals surface area contributed by atoms with Crippen LogP contribution in [-0.2, 0) is 6.42 Å². The number of carbonyl (C=O) groups is 1. The van der Waals surface area contributed by atoms with Crippen molar-refractivity contribution >= 4 is 54.7 Å². The lowest BCUT2D eigenvalue weighted by Gasteiger charge is -2.05. The van der Waals surface area contributed by atoms with Crippen molar-refractivity contribution in [1.29, 1.82) is 0 Å². The Morgan fingerprint density at radius 1 is 1.24 bits per heavy atom. The van der Waals surface area contributed by atoms with Gasteiger partial charge in [0.25, 0.3) is 0 Å². The van der Waals surface area contributed by atoms with Crippen molar-refractivity contribution < 1.29 is 9.18 Å². The topological polar surface area (TPSA) is 17.1 Å². The molecular weight excluding hydrogens is 375 g/mol. The second kappa shape index (κ2) is 5.87. The number of ketones is 1. The molecule has 0 radical (unpaired) electrons. The van der Waals surface area contributed by atoms with E-state index in [1.165, 1.54) is 23.5 Å². The van der Waals surface area contributed by atoms with Gasteiger partial charge in [-0.2, -0.15) is 0 Å². The van der Waals surface area contributed by atoms with E-state index in [1.807, 2.05) is 23.6 Å². The maximum Gasteiger partial charge on any atom is 0.168 e. The fourth-order valence-electron chi connectivity index (χ4n) is 2.19. The van der Waals surface area contributed by atoms with Crippen molar-refractivity contribution in [1.82, 2.24) is 0 Å². The molecular formula is C16H9BrClFOS. The van der Waals surface area contributed by atoms with Crippen molar-refractivity contribution in [2.24, 2.45) is 0 Å². The summed E-state index contributed by atoms with van der Waals surface area (Å²) in [5.74, 6) is -0.581. The first-order chi connectivity index (χ1) is 10.1. The monoisotopic (exact) mass is 382 g/mol. The van der Waals surface area contributed by atoms with Crippen LogP contribution in [0.2, 0.25) is 5.02 Å². The Balaban J connectivity index is 2.00. The lowest BCUT2D eigenvalue weighted by molar-refractivity contribution is 0.0994. The maximum atomic E-state index is 13.8. The fourth-order valence-corrected chi connectivity index (χ4v) is 4.05. The van der Waals surface area contributed by atoms with Gasteiger partial charge >= 0.3 is 0 Å². The minimum Gasteiger partial charge on any atom is -0.294 e. The summed E-state index contributed by atoms with van der Waals surface area (Å²) in [6.45, 7) is 0. The summed E-state index contributed by atoms with van der Waals surface area (Å²) in [5.41, 5.74) is 0.856. The molecule has 1 heterocycles. The number of hydrogen-bond acceptors (Lipinski definition) is 2. The Labute approximate surface area is 138 Å². The molecule has 1 aromatic heterocycles. The lowest BCUT2D eigenvalue weighted by atomic mass is 10.0. The molecule has 106 valence electrons. The fraction of sp³-hybridized carbons (Fsp3) is 0.0625. The molecule has 5 heteroatoms. The van der Waals surface area contributed by atoms with Crippen LogP contribution < -0.4 is 0 Å².